The molecule has 2 saturated carbocycles. The van der Waals surface area contributed by atoms with E-state index in [9.17, 15) is 0 Å². The molecule has 2 aliphatic rings. The summed E-state index contributed by atoms with van der Waals surface area (Å²) in [4.78, 5) is 4.19. The van der Waals surface area contributed by atoms with Crippen LogP contribution in [0.4, 0.5) is 0 Å². The minimum Gasteiger partial charge on any atom is -0.506 e. The van der Waals surface area contributed by atoms with Crippen LogP contribution in [0.25, 0.3) is 0 Å². The Kier molecular flexibility index (Phi) is 2.56. The van der Waals surface area contributed by atoms with Crippen LogP contribution in [0.3, 0.4) is 0 Å². The van der Waals surface area contributed by atoms with Gasteiger partial charge in [0.25, 0.3) is 0 Å². The van der Waals surface area contributed by atoms with E-state index in [4.69, 9.17) is 5.11 Å². The molecule has 1 aromatic heterocycles. The molecule has 2 bridgehead atoms. The molecule has 1 aromatic rings. The number of nitrogens with one attached hydrogen (secondary N) is 1. The van der Waals surface area contributed by atoms with Crippen molar-refractivity contribution in [2.75, 3.05) is 0 Å². The van der Waals surface area contributed by atoms with Gasteiger partial charge in [0.15, 0.2) is 0 Å². The lowest BCUT2D eigenvalue weighted by Crippen LogP contribution is -2.33. The summed E-state index contributed by atoms with van der Waals surface area (Å²) in [5.74, 6) is 2.13. The van der Waals surface area contributed by atoms with Crippen LogP contribution in [-0.4, -0.2) is 16.1 Å². The van der Waals surface area contributed by atoms with Gasteiger partial charge in [0.1, 0.15) is 5.75 Å². The fraction of sp³-hybridized carbons (Fsp3) is 0.615. The summed E-state index contributed by atoms with van der Waals surface area (Å²) in [5.41, 5.74) is 1.01. The predicted molar refractivity (Wildman–Crippen MR) is 62.0 cm³/mol. The summed E-state index contributed by atoms with van der Waals surface area (Å²) < 4.78 is 0. The molecule has 0 radical (unpaired) electrons. The molecular weight excluding hydrogens is 200 g/mol. The van der Waals surface area contributed by atoms with Crippen LogP contribution in [0.5, 0.6) is 5.75 Å². The first-order valence-electron chi connectivity index (χ1n) is 6.18. The summed E-state index contributed by atoms with van der Waals surface area (Å²) >= 11 is 0. The molecule has 86 valence electrons. The van der Waals surface area contributed by atoms with Crippen molar-refractivity contribution in [3.63, 3.8) is 0 Å². The van der Waals surface area contributed by atoms with E-state index in [0.29, 0.717) is 6.04 Å². The topological polar surface area (TPSA) is 45.1 Å². The molecule has 1 heterocycles. The largest absolute Gasteiger partial charge is 0.506 e. The maximum Gasteiger partial charge on any atom is 0.133 e. The Morgan fingerprint density at radius 2 is 2.25 bits per heavy atom. The van der Waals surface area contributed by atoms with Crippen molar-refractivity contribution in [1.29, 1.82) is 0 Å². The van der Waals surface area contributed by atoms with Crippen LogP contribution < -0.4 is 5.32 Å². The van der Waals surface area contributed by atoms with Gasteiger partial charge in [0.2, 0.25) is 0 Å². The van der Waals surface area contributed by atoms with Gasteiger partial charge in [-0.1, -0.05) is 6.42 Å². The normalized spacial score (nSPS) is 32.1. The van der Waals surface area contributed by atoms with Gasteiger partial charge in [-0.05, 0) is 43.2 Å². The van der Waals surface area contributed by atoms with Crippen molar-refractivity contribution in [3.8, 4) is 5.75 Å². The van der Waals surface area contributed by atoms with Gasteiger partial charge in [-0.3, -0.25) is 4.98 Å². The van der Waals surface area contributed by atoms with Crippen LogP contribution in [0.2, 0.25) is 0 Å². The van der Waals surface area contributed by atoms with Crippen LogP contribution in [0, 0.1) is 11.8 Å². The lowest BCUT2D eigenvalue weighted by atomic mass is 9.95. The van der Waals surface area contributed by atoms with Gasteiger partial charge >= 0.3 is 0 Å². The van der Waals surface area contributed by atoms with E-state index in [-0.39, 0.29) is 5.75 Å². The Labute approximate surface area is 95.9 Å². The zero-order chi connectivity index (χ0) is 11.0. The number of pyridine rings is 1. The molecule has 2 aliphatic carbocycles. The maximum atomic E-state index is 9.14. The highest BCUT2D eigenvalue weighted by Gasteiger charge is 2.38. The molecule has 2 N–H and O–H groups in total. The second-order valence-electron chi connectivity index (χ2n) is 5.17. The van der Waals surface area contributed by atoms with E-state index in [0.717, 1.165) is 24.1 Å². The van der Waals surface area contributed by atoms with E-state index in [1.807, 2.05) is 6.07 Å². The van der Waals surface area contributed by atoms with E-state index in [1.165, 1.54) is 31.9 Å². The van der Waals surface area contributed by atoms with Crippen LogP contribution in [0.1, 0.15) is 31.4 Å². The van der Waals surface area contributed by atoms with Crippen LogP contribution >= 0.6 is 0 Å². The summed E-state index contributed by atoms with van der Waals surface area (Å²) in [5, 5.41) is 12.7. The molecule has 0 amide bonds. The summed E-state index contributed by atoms with van der Waals surface area (Å²) in [6.45, 7) is 0.828. The van der Waals surface area contributed by atoms with Gasteiger partial charge in [0.05, 0.1) is 11.9 Å². The predicted octanol–water partition coefficient (Wildman–Crippen LogP) is 2.07. The fourth-order valence-electron chi connectivity index (χ4n) is 3.25. The third-order valence-corrected chi connectivity index (χ3v) is 4.09. The molecule has 3 atom stereocenters. The molecule has 0 aromatic carbocycles. The first-order valence-corrected chi connectivity index (χ1v) is 6.18. The summed E-state index contributed by atoms with van der Waals surface area (Å²) in [7, 11) is 0. The number of hydrogen-bond acceptors (Lipinski definition) is 3. The maximum absolute atomic E-state index is 9.14. The molecule has 16 heavy (non-hydrogen) atoms. The standard InChI is InChI=1S/C13H18N2O/c16-12-4-3-11(14-8-12)7-15-13-6-9-1-2-10(13)5-9/h3-4,8-10,13,15-16H,1-2,5-7H2. The lowest BCUT2D eigenvalue weighted by Gasteiger charge is -2.22. The van der Waals surface area contributed by atoms with Gasteiger partial charge in [-0.15, -0.1) is 0 Å². The van der Waals surface area contributed by atoms with Crippen molar-refractivity contribution in [2.45, 2.75) is 38.3 Å². The number of hydrogen-bond donors (Lipinski definition) is 2. The summed E-state index contributed by atoms with van der Waals surface area (Å²) in [6.07, 6.45) is 7.15. The zero-order valence-corrected chi connectivity index (χ0v) is 9.39. The molecule has 3 heteroatoms. The minimum absolute atomic E-state index is 0.240. The van der Waals surface area contributed by atoms with Gasteiger partial charge in [0, 0.05) is 12.6 Å². The second-order valence-corrected chi connectivity index (χ2v) is 5.17. The van der Waals surface area contributed by atoms with Gasteiger partial charge in [-0.25, -0.2) is 0 Å². The highest BCUT2D eigenvalue weighted by atomic mass is 16.3. The number of aromatic hydroxyl groups is 1. The number of nitrogens with zero attached hydrogens (tertiary/aromatic N) is 1. The Bertz CT molecular complexity index is 363. The molecule has 0 spiro atoms. The summed E-state index contributed by atoms with van der Waals surface area (Å²) in [6, 6.07) is 4.29. The van der Waals surface area contributed by atoms with Crippen molar-refractivity contribution in [1.82, 2.24) is 10.3 Å². The van der Waals surface area contributed by atoms with Gasteiger partial charge < -0.3 is 10.4 Å². The van der Waals surface area contributed by atoms with Crippen molar-refractivity contribution < 1.29 is 5.11 Å². The van der Waals surface area contributed by atoms with E-state index in [1.54, 1.807) is 6.07 Å². The Balaban J connectivity index is 1.55. The number of fused-ring (bicyclic) bond motifs is 2. The third kappa shape index (κ3) is 1.92. The third-order valence-electron chi connectivity index (χ3n) is 4.09. The SMILES string of the molecule is Oc1ccc(CNC2CC3CCC2C3)nc1. The highest BCUT2D eigenvalue weighted by molar-refractivity contribution is 5.17. The van der Waals surface area contributed by atoms with Crippen LogP contribution in [0.15, 0.2) is 18.3 Å². The molecule has 2 fully saturated rings. The van der Waals surface area contributed by atoms with E-state index >= 15 is 0 Å². The first kappa shape index (κ1) is 10.1. The molecule has 3 nitrogen and oxygen atoms in total. The average Bonchev–Trinajstić information content (AvgIpc) is 2.90. The van der Waals surface area contributed by atoms with Crippen LogP contribution in [-0.2, 0) is 6.54 Å². The Morgan fingerprint density at radius 1 is 1.31 bits per heavy atom. The average molecular weight is 218 g/mol. The Morgan fingerprint density at radius 3 is 2.88 bits per heavy atom. The molecular formula is C13H18N2O. The van der Waals surface area contributed by atoms with Gasteiger partial charge in [-0.2, -0.15) is 0 Å². The van der Waals surface area contributed by atoms with E-state index in [2.05, 4.69) is 10.3 Å². The molecule has 3 rings (SSSR count). The Hall–Kier alpha value is -1.09. The van der Waals surface area contributed by atoms with Crippen molar-refractivity contribution in [2.24, 2.45) is 11.8 Å². The smallest absolute Gasteiger partial charge is 0.133 e. The molecule has 0 aliphatic heterocycles. The zero-order valence-electron chi connectivity index (χ0n) is 9.39. The number of aromatic nitrogens is 1. The number of rotatable bonds is 3. The molecule has 0 saturated heterocycles. The highest BCUT2D eigenvalue weighted by Crippen LogP contribution is 2.44. The monoisotopic (exact) mass is 218 g/mol. The van der Waals surface area contributed by atoms with E-state index < -0.39 is 0 Å². The van der Waals surface area contributed by atoms with Crippen molar-refractivity contribution >= 4 is 0 Å². The quantitative estimate of drug-likeness (QED) is 0.816. The molecule has 3 unspecified atom stereocenters. The first-order chi connectivity index (χ1) is 7.81. The van der Waals surface area contributed by atoms with Crippen molar-refractivity contribution in [3.05, 3.63) is 24.0 Å². The minimum atomic E-state index is 0.240. The lowest BCUT2D eigenvalue weighted by molar-refractivity contribution is 0.349. The fourth-order valence-corrected chi connectivity index (χ4v) is 3.25. The second kappa shape index (κ2) is 4.06.